The Balaban J connectivity index is 2.03. The number of carbonyl (C=O) groups is 1. The number of hydrogen-bond donors (Lipinski definition) is 1. The van der Waals surface area contributed by atoms with Crippen molar-refractivity contribution >= 4 is 34.5 Å². The maximum Gasteiger partial charge on any atom is 0.344 e. The molecular weight excluding hydrogens is 333 g/mol. The number of hydrogen-bond acceptors (Lipinski definition) is 6. The summed E-state index contributed by atoms with van der Waals surface area (Å²) in [5.41, 5.74) is 0.414. The number of furan rings is 1. The van der Waals surface area contributed by atoms with Gasteiger partial charge in [-0.25, -0.2) is 14.2 Å². The lowest BCUT2D eigenvalue weighted by atomic mass is 10.2. The third-order valence-corrected chi connectivity index (χ3v) is 4.17. The van der Waals surface area contributed by atoms with Crippen molar-refractivity contribution < 1.29 is 23.4 Å². The van der Waals surface area contributed by atoms with E-state index in [0.29, 0.717) is 16.4 Å². The highest BCUT2D eigenvalue weighted by Gasteiger charge is 2.33. The molecule has 0 saturated carbocycles. The van der Waals surface area contributed by atoms with Crippen LogP contribution in [0.3, 0.4) is 0 Å². The molecule has 0 saturated heterocycles. The lowest BCUT2D eigenvalue weighted by molar-refractivity contribution is -0.135. The normalized spacial score (nSPS) is 17.8. The highest BCUT2D eigenvalue weighted by molar-refractivity contribution is 8.18. The standard InChI is InChI=1S/C17H12FNO4S/c1-22-17(21)14-15(20)13(9-12-3-2-8-23-12)24-16(14)19-11-6-4-10(18)5-7-11/h2-9,20H,1H3. The van der Waals surface area contributed by atoms with Crippen molar-refractivity contribution in [2.75, 3.05) is 7.11 Å². The zero-order valence-corrected chi connectivity index (χ0v) is 13.3. The summed E-state index contributed by atoms with van der Waals surface area (Å²) in [6.45, 7) is 0. The highest BCUT2D eigenvalue weighted by Crippen LogP contribution is 2.40. The van der Waals surface area contributed by atoms with E-state index in [1.54, 1.807) is 18.2 Å². The van der Waals surface area contributed by atoms with Gasteiger partial charge in [0.2, 0.25) is 0 Å². The molecule has 1 aromatic heterocycles. The molecule has 7 heteroatoms. The first-order valence-electron chi connectivity index (χ1n) is 6.88. The van der Waals surface area contributed by atoms with Gasteiger partial charge in [0.1, 0.15) is 28.0 Å². The average molecular weight is 345 g/mol. The van der Waals surface area contributed by atoms with Crippen LogP contribution in [-0.4, -0.2) is 23.2 Å². The lowest BCUT2D eigenvalue weighted by Gasteiger charge is -2.01. The molecule has 0 aliphatic carbocycles. The number of rotatable bonds is 3. The third kappa shape index (κ3) is 3.26. The van der Waals surface area contributed by atoms with Gasteiger partial charge < -0.3 is 14.3 Å². The van der Waals surface area contributed by atoms with E-state index in [1.807, 2.05) is 0 Å². The molecule has 5 nitrogen and oxygen atoms in total. The van der Waals surface area contributed by atoms with Gasteiger partial charge in [-0.3, -0.25) is 0 Å². The Hall–Kier alpha value is -2.80. The van der Waals surface area contributed by atoms with Crippen molar-refractivity contribution in [1.29, 1.82) is 0 Å². The molecule has 3 rings (SSSR count). The summed E-state index contributed by atoms with van der Waals surface area (Å²) in [7, 11) is 1.22. The second-order valence-electron chi connectivity index (χ2n) is 4.73. The van der Waals surface area contributed by atoms with Gasteiger partial charge in [-0.2, -0.15) is 0 Å². The Morgan fingerprint density at radius 1 is 1.33 bits per heavy atom. The topological polar surface area (TPSA) is 72.0 Å². The van der Waals surface area contributed by atoms with Crippen molar-refractivity contribution in [3.63, 3.8) is 0 Å². The second-order valence-corrected chi connectivity index (χ2v) is 5.77. The highest BCUT2D eigenvalue weighted by atomic mass is 32.2. The third-order valence-electron chi connectivity index (χ3n) is 3.15. The molecule has 0 bridgehead atoms. The van der Waals surface area contributed by atoms with E-state index >= 15 is 0 Å². The van der Waals surface area contributed by atoms with Crippen molar-refractivity contribution in [3.05, 3.63) is 70.5 Å². The van der Waals surface area contributed by atoms with Crippen LogP contribution < -0.4 is 0 Å². The molecule has 1 aromatic carbocycles. The van der Waals surface area contributed by atoms with E-state index in [-0.39, 0.29) is 22.2 Å². The first kappa shape index (κ1) is 16.1. The van der Waals surface area contributed by atoms with Crippen LogP contribution in [0.4, 0.5) is 10.1 Å². The fraction of sp³-hybridized carbons (Fsp3) is 0.0588. The molecule has 0 amide bonds. The van der Waals surface area contributed by atoms with Crippen LogP contribution >= 0.6 is 11.8 Å². The molecule has 24 heavy (non-hydrogen) atoms. The van der Waals surface area contributed by atoms with Crippen LogP contribution in [0.1, 0.15) is 5.76 Å². The van der Waals surface area contributed by atoms with Crippen LogP contribution in [0.15, 0.2) is 68.3 Å². The van der Waals surface area contributed by atoms with E-state index in [0.717, 1.165) is 11.8 Å². The van der Waals surface area contributed by atoms with Crippen LogP contribution in [-0.2, 0) is 9.53 Å². The molecule has 0 radical (unpaired) electrons. The van der Waals surface area contributed by atoms with Gasteiger partial charge in [0.15, 0.2) is 0 Å². The minimum absolute atomic E-state index is 0.0374. The Kier molecular flexibility index (Phi) is 4.52. The number of ether oxygens (including phenoxy) is 1. The molecule has 122 valence electrons. The fourth-order valence-corrected chi connectivity index (χ4v) is 3.04. The number of carbonyl (C=O) groups excluding carboxylic acids is 1. The van der Waals surface area contributed by atoms with E-state index < -0.39 is 5.97 Å². The minimum Gasteiger partial charge on any atom is -0.506 e. The number of thioether (sulfide) groups is 1. The molecule has 1 N–H and O–H groups in total. The Labute approximate surface area is 141 Å². The van der Waals surface area contributed by atoms with Gasteiger partial charge in [-0.1, -0.05) is 11.8 Å². The van der Waals surface area contributed by atoms with E-state index in [1.165, 1.54) is 37.6 Å². The minimum atomic E-state index is -0.705. The second kappa shape index (κ2) is 6.76. The SMILES string of the molecule is COC(=O)C1=C(O)C(=Cc2ccco2)SC1=Nc1ccc(F)cc1. The molecule has 0 unspecified atom stereocenters. The molecule has 1 aliphatic rings. The number of aliphatic hydroxyl groups is 1. The maximum absolute atomic E-state index is 13.0. The van der Waals surface area contributed by atoms with Gasteiger partial charge in [-0.05, 0) is 42.5 Å². The monoisotopic (exact) mass is 345 g/mol. The number of aliphatic imine (C=N–C) groups is 1. The largest absolute Gasteiger partial charge is 0.506 e. The molecule has 2 heterocycles. The van der Waals surface area contributed by atoms with Gasteiger partial charge in [0.25, 0.3) is 0 Å². The summed E-state index contributed by atoms with van der Waals surface area (Å²) < 4.78 is 22.9. The number of aliphatic hydroxyl groups excluding tert-OH is 1. The van der Waals surface area contributed by atoms with Crippen molar-refractivity contribution in [3.8, 4) is 0 Å². The number of methoxy groups -OCH3 is 1. The number of halogens is 1. The summed E-state index contributed by atoms with van der Waals surface area (Å²) in [4.78, 5) is 16.7. The lowest BCUT2D eigenvalue weighted by Crippen LogP contribution is -2.10. The average Bonchev–Trinajstić information content (AvgIpc) is 3.18. The van der Waals surface area contributed by atoms with Crippen LogP contribution in [0.2, 0.25) is 0 Å². The summed E-state index contributed by atoms with van der Waals surface area (Å²) in [5, 5.41) is 10.6. The summed E-state index contributed by atoms with van der Waals surface area (Å²) in [5.74, 6) is -0.799. The van der Waals surface area contributed by atoms with Crippen molar-refractivity contribution in [2.24, 2.45) is 4.99 Å². The zero-order chi connectivity index (χ0) is 17.1. The molecule has 0 spiro atoms. The zero-order valence-electron chi connectivity index (χ0n) is 12.5. The predicted octanol–water partition coefficient (Wildman–Crippen LogP) is 4.22. The summed E-state index contributed by atoms with van der Waals surface area (Å²) >= 11 is 1.10. The van der Waals surface area contributed by atoms with Gasteiger partial charge >= 0.3 is 5.97 Å². The van der Waals surface area contributed by atoms with Crippen LogP contribution in [0.5, 0.6) is 0 Å². The molecule has 0 atom stereocenters. The first-order valence-corrected chi connectivity index (χ1v) is 7.69. The molecular formula is C17H12FNO4S. The Morgan fingerprint density at radius 2 is 2.08 bits per heavy atom. The van der Waals surface area contributed by atoms with E-state index in [2.05, 4.69) is 4.99 Å². The summed E-state index contributed by atoms with van der Waals surface area (Å²) in [6, 6.07) is 8.90. The van der Waals surface area contributed by atoms with Crippen molar-refractivity contribution in [2.45, 2.75) is 0 Å². The quantitative estimate of drug-likeness (QED) is 0.843. The number of benzene rings is 1. The Morgan fingerprint density at radius 3 is 2.71 bits per heavy atom. The van der Waals surface area contributed by atoms with Crippen LogP contribution in [0, 0.1) is 5.82 Å². The number of esters is 1. The summed E-state index contributed by atoms with van der Waals surface area (Å²) in [6.07, 6.45) is 3.09. The van der Waals surface area contributed by atoms with Gasteiger partial charge in [0.05, 0.1) is 24.0 Å². The smallest absolute Gasteiger partial charge is 0.344 e. The molecule has 1 aliphatic heterocycles. The van der Waals surface area contributed by atoms with Gasteiger partial charge in [0, 0.05) is 0 Å². The van der Waals surface area contributed by atoms with E-state index in [9.17, 15) is 14.3 Å². The molecule has 0 fully saturated rings. The fourth-order valence-electron chi connectivity index (χ4n) is 2.03. The maximum atomic E-state index is 13.0. The first-order chi connectivity index (χ1) is 11.6. The number of nitrogens with zero attached hydrogens (tertiary/aromatic N) is 1. The Bertz CT molecular complexity index is 851. The molecule has 2 aromatic rings. The van der Waals surface area contributed by atoms with E-state index in [4.69, 9.17) is 9.15 Å². The van der Waals surface area contributed by atoms with Crippen LogP contribution in [0.25, 0.3) is 6.08 Å². The predicted molar refractivity (Wildman–Crippen MR) is 89.4 cm³/mol. The van der Waals surface area contributed by atoms with Crippen molar-refractivity contribution in [1.82, 2.24) is 0 Å². The van der Waals surface area contributed by atoms with Gasteiger partial charge in [-0.15, -0.1) is 0 Å².